The number of rotatable bonds is 3. The minimum absolute atomic E-state index is 0.200. The van der Waals surface area contributed by atoms with Crippen LogP contribution in [0.3, 0.4) is 0 Å². The van der Waals surface area contributed by atoms with E-state index in [-0.39, 0.29) is 6.04 Å². The Labute approximate surface area is 145 Å². The van der Waals surface area contributed by atoms with Gasteiger partial charge in [0.25, 0.3) is 0 Å². The van der Waals surface area contributed by atoms with E-state index >= 15 is 0 Å². The Morgan fingerprint density at radius 2 is 1.56 bits per heavy atom. The van der Waals surface area contributed by atoms with Crippen LogP contribution in [-0.2, 0) is 9.59 Å². The van der Waals surface area contributed by atoms with E-state index < -0.39 is 17.9 Å². The predicted octanol–water partition coefficient (Wildman–Crippen LogP) is 3.79. The van der Waals surface area contributed by atoms with Crippen molar-refractivity contribution in [3.05, 3.63) is 65.0 Å². The van der Waals surface area contributed by atoms with Crippen molar-refractivity contribution in [2.75, 3.05) is 9.80 Å². The third-order valence-electron chi connectivity index (χ3n) is 4.01. The lowest BCUT2D eigenvalue weighted by molar-refractivity contribution is -0.127. The average Bonchev–Trinajstić information content (AvgIpc) is 2.70. The van der Waals surface area contributed by atoms with Gasteiger partial charge in [-0.3, -0.25) is 14.5 Å². The first-order valence-corrected chi connectivity index (χ1v) is 7.91. The summed E-state index contributed by atoms with van der Waals surface area (Å²) in [6.07, 6.45) is 0. The molecule has 0 fully saturated rings. The van der Waals surface area contributed by atoms with Gasteiger partial charge in [-0.25, -0.2) is 0 Å². The number of nitrogens with zero attached hydrogens (tertiary/aromatic N) is 5. The van der Waals surface area contributed by atoms with E-state index in [4.69, 9.17) is 5.53 Å². The number of fused-ring (bicyclic) bond motifs is 1. The molecule has 1 aliphatic heterocycles. The maximum absolute atomic E-state index is 13.1. The summed E-state index contributed by atoms with van der Waals surface area (Å²) in [6.45, 7) is 3.70. The van der Waals surface area contributed by atoms with E-state index in [1.807, 2.05) is 26.0 Å². The van der Waals surface area contributed by atoms with Crippen molar-refractivity contribution < 1.29 is 9.59 Å². The molecule has 3 rings (SSSR count). The van der Waals surface area contributed by atoms with Gasteiger partial charge in [0.2, 0.25) is 11.8 Å². The minimum atomic E-state index is -1.44. The van der Waals surface area contributed by atoms with Crippen molar-refractivity contribution in [2.24, 2.45) is 5.11 Å². The summed E-state index contributed by atoms with van der Waals surface area (Å²) in [4.78, 5) is 31.7. The van der Waals surface area contributed by atoms with Crippen LogP contribution in [0, 0.1) is 0 Å². The van der Waals surface area contributed by atoms with Gasteiger partial charge in [-0.2, -0.15) is 0 Å². The normalized spacial score (nSPS) is 17.2. The van der Waals surface area contributed by atoms with Crippen molar-refractivity contribution in [2.45, 2.75) is 25.9 Å². The summed E-state index contributed by atoms with van der Waals surface area (Å²) in [5.74, 6) is -1.09. The maximum atomic E-state index is 13.1. The first-order chi connectivity index (χ1) is 12.1. The quantitative estimate of drug-likeness (QED) is 0.370. The molecular weight excluding hydrogens is 318 g/mol. The average molecular weight is 335 g/mol. The molecule has 1 heterocycles. The minimum Gasteiger partial charge on any atom is -0.307 e. The number of para-hydroxylation sites is 3. The van der Waals surface area contributed by atoms with E-state index in [0.29, 0.717) is 17.1 Å². The summed E-state index contributed by atoms with van der Waals surface area (Å²) >= 11 is 0. The highest BCUT2D eigenvalue weighted by molar-refractivity contribution is 6.22. The van der Waals surface area contributed by atoms with Crippen LogP contribution < -0.4 is 9.80 Å². The Hall–Kier alpha value is -3.31. The lowest BCUT2D eigenvalue weighted by Gasteiger charge is -2.28. The van der Waals surface area contributed by atoms with Gasteiger partial charge in [-0.15, -0.1) is 0 Å². The second-order valence-electron chi connectivity index (χ2n) is 5.91. The molecule has 2 amide bonds. The largest absolute Gasteiger partial charge is 0.307 e. The van der Waals surface area contributed by atoms with Crippen LogP contribution >= 0.6 is 0 Å². The van der Waals surface area contributed by atoms with E-state index in [1.165, 1.54) is 9.80 Å². The molecule has 0 saturated heterocycles. The zero-order valence-electron chi connectivity index (χ0n) is 13.9. The monoisotopic (exact) mass is 335 g/mol. The lowest BCUT2D eigenvalue weighted by atomic mass is 10.2. The molecule has 0 saturated carbocycles. The maximum Gasteiger partial charge on any atom is 0.250 e. The van der Waals surface area contributed by atoms with Gasteiger partial charge in [0.15, 0.2) is 6.04 Å². The molecule has 126 valence electrons. The lowest BCUT2D eigenvalue weighted by Crippen LogP contribution is -2.46. The third-order valence-corrected chi connectivity index (χ3v) is 4.01. The standard InChI is InChI=1S/C18H17N5O2/c1-12(2)22-14-10-6-7-11-15(14)23(13-8-4-3-5-9-13)18(25)16(17(22)24)20-21-19/h3-12,16H,1-2H3. The molecular formula is C18H17N5O2. The van der Waals surface area contributed by atoms with Crippen molar-refractivity contribution in [3.8, 4) is 0 Å². The molecule has 25 heavy (non-hydrogen) atoms. The number of hydrogen-bond acceptors (Lipinski definition) is 3. The van der Waals surface area contributed by atoms with Crippen LogP contribution in [0.2, 0.25) is 0 Å². The van der Waals surface area contributed by atoms with E-state index in [0.717, 1.165) is 0 Å². The topological polar surface area (TPSA) is 89.4 Å². The van der Waals surface area contributed by atoms with Crippen LogP contribution in [0.25, 0.3) is 10.4 Å². The molecule has 1 atom stereocenters. The Bertz CT molecular complexity index is 859. The SMILES string of the molecule is CC(C)N1C(=O)C(N=[N+]=[N-])C(=O)N(c2ccccc2)c2ccccc21. The van der Waals surface area contributed by atoms with Crippen molar-refractivity contribution in [1.29, 1.82) is 0 Å². The predicted molar refractivity (Wildman–Crippen MR) is 95.6 cm³/mol. The molecule has 0 radical (unpaired) electrons. The van der Waals surface area contributed by atoms with Gasteiger partial charge in [0, 0.05) is 16.6 Å². The second kappa shape index (κ2) is 6.67. The van der Waals surface area contributed by atoms with Crippen molar-refractivity contribution in [3.63, 3.8) is 0 Å². The highest BCUT2D eigenvalue weighted by Gasteiger charge is 2.41. The van der Waals surface area contributed by atoms with Crippen LogP contribution in [0.5, 0.6) is 0 Å². The number of hydrogen-bond donors (Lipinski definition) is 0. The van der Waals surface area contributed by atoms with Crippen molar-refractivity contribution >= 4 is 28.9 Å². The Balaban J connectivity index is 2.30. The van der Waals surface area contributed by atoms with Gasteiger partial charge < -0.3 is 4.90 Å². The van der Waals surface area contributed by atoms with E-state index in [2.05, 4.69) is 10.0 Å². The Kier molecular flexibility index (Phi) is 4.41. The van der Waals surface area contributed by atoms with Crippen LogP contribution in [0.15, 0.2) is 59.7 Å². The number of carbonyl (C=O) groups is 2. The number of azide groups is 1. The van der Waals surface area contributed by atoms with Gasteiger partial charge in [0.1, 0.15) is 0 Å². The fourth-order valence-electron chi connectivity index (χ4n) is 2.98. The fourth-order valence-corrected chi connectivity index (χ4v) is 2.98. The molecule has 1 aliphatic rings. The van der Waals surface area contributed by atoms with Crippen LogP contribution in [-0.4, -0.2) is 23.9 Å². The molecule has 0 spiro atoms. The van der Waals surface area contributed by atoms with Crippen LogP contribution in [0.1, 0.15) is 13.8 Å². The summed E-state index contributed by atoms with van der Waals surface area (Å²) in [6, 6.07) is 14.5. The van der Waals surface area contributed by atoms with Gasteiger partial charge >= 0.3 is 0 Å². The summed E-state index contributed by atoms with van der Waals surface area (Å²) < 4.78 is 0. The molecule has 0 N–H and O–H groups in total. The second-order valence-corrected chi connectivity index (χ2v) is 5.91. The van der Waals surface area contributed by atoms with Gasteiger partial charge in [-0.1, -0.05) is 35.4 Å². The molecule has 0 aromatic heterocycles. The van der Waals surface area contributed by atoms with Crippen molar-refractivity contribution in [1.82, 2.24) is 0 Å². The number of carbonyl (C=O) groups excluding carboxylic acids is 2. The fraction of sp³-hybridized carbons (Fsp3) is 0.222. The molecule has 0 aliphatic carbocycles. The first kappa shape index (κ1) is 16.5. The van der Waals surface area contributed by atoms with Gasteiger partial charge in [0.05, 0.1) is 11.4 Å². The third kappa shape index (κ3) is 2.81. The highest BCUT2D eigenvalue weighted by atomic mass is 16.2. The zero-order valence-corrected chi connectivity index (χ0v) is 13.9. The smallest absolute Gasteiger partial charge is 0.250 e. The summed E-state index contributed by atoms with van der Waals surface area (Å²) in [5, 5.41) is 3.50. The number of amides is 2. The Morgan fingerprint density at radius 1 is 0.960 bits per heavy atom. The van der Waals surface area contributed by atoms with Gasteiger partial charge in [-0.05, 0) is 43.6 Å². The number of anilines is 3. The molecule has 0 bridgehead atoms. The molecule has 7 nitrogen and oxygen atoms in total. The van der Waals surface area contributed by atoms with Crippen LogP contribution in [0.4, 0.5) is 17.1 Å². The van der Waals surface area contributed by atoms with E-state index in [9.17, 15) is 9.59 Å². The summed E-state index contributed by atoms with van der Waals surface area (Å²) in [7, 11) is 0. The number of benzene rings is 2. The summed E-state index contributed by atoms with van der Waals surface area (Å²) in [5.41, 5.74) is 10.7. The molecule has 2 aromatic rings. The molecule has 7 heteroatoms. The molecule has 1 unspecified atom stereocenters. The Morgan fingerprint density at radius 3 is 2.16 bits per heavy atom. The zero-order chi connectivity index (χ0) is 18.0. The van der Waals surface area contributed by atoms with E-state index in [1.54, 1.807) is 42.5 Å². The first-order valence-electron chi connectivity index (χ1n) is 7.91. The molecule has 2 aromatic carbocycles. The highest BCUT2D eigenvalue weighted by Crippen LogP contribution is 2.39.